The van der Waals surface area contributed by atoms with Crippen LogP contribution >= 0.6 is 0 Å². The molecule has 0 aromatic heterocycles. The Morgan fingerprint density at radius 2 is 2.27 bits per heavy atom. The Morgan fingerprint density at radius 3 is 2.93 bits per heavy atom. The third-order valence-electron chi connectivity index (χ3n) is 2.73. The van der Waals surface area contributed by atoms with Crippen LogP contribution in [0, 0.1) is 12.7 Å². The lowest BCUT2D eigenvalue weighted by molar-refractivity contribution is -0.117. The molecular formula is C11H13FN2O. The molecule has 0 fully saturated rings. The zero-order valence-electron chi connectivity index (χ0n) is 8.51. The fraction of sp³-hybridized carbons (Fsp3) is 0.364. The maximum atomic E-state index is 13.2. The number of amides is 1. The van der Waals surface area contributed by atoms with E-state index < -0.39 is 0 Å². The third-order valence-corrected chi connectivity index (χ3v) is 2.73. The Kier molecular flexibility index (Phi) is 2.44. The van der Waals surface area contributed by atoms with Gasteiger partial charge < -0.3 is 11.1 Å². The summed E-state index contributed by atoms with van der Waals surface area (Å²) in [5.41, 5.74) is 7.68. The summed E-state index contributed by atoms with van der Waals surface area (Å²) in [6.07, 6.45) is 0.557. The van der Waals surface area contributed by atoms with Crippen molar-refractivity contribution in [2.75, 3.05) is 11.9 Å². The van der Waals surface area contributed by atoms with Crippen molar-refractivity contribution >= 4 is 11.6 Å². The summed E-state index contributed by atoms with van der Waals surface area (Å²) < 4.78 is 13.2. The second kappa shape index (κ2) is 3.62. The van der Waals surface area contributed by atoms with Crippen molar-refractivity contribution in [3.8, 4) is 0 Å². The van der Waals surface area contributed by atoms with Gasteiger partial charge in [-0.15, -0.1) is 0 Å². The Bertz CT molecular complexity index is 417. The molecule has 3 N–H and O–H groups in total. The Balaban J connectivity index is 2.48. The zero-order valence-corrected chi connectivity index (χ0v) is 8.51. The molecule has 0 radical (unpaired) electrons. The maximum Gasteiger partial charge on any atom is 0.232 e. The van der Waals surface area contributed by atoms with Crippen LogP contribution in [0.4, 0.5) is 10.1 Å². The SMILES string of the molecule is Cc1cc(F)cc2c1NC(=O)C2CCN. The average Bonchev–Trinajstić information content (AvgIpc) is 2.46. The summed E-state index contributed by atoms with van der Waals surface area (Å²) in [5.74, 6) is -0.673. The molecule has 3 nitrogen and oxygen atoms in total. The molecule has 0 aliphatic carbocycles. The number of benzene rings is 1. The highest BCUT2D eigenvalue weighted by Gasteiger charge is 2.31. The molecule has 0 bridgehead atoms. The largest absolute Gasteiger partial charge is 0.330 e. The molecule has 0 spiro atoms. The van der Waals surface area contributed by atoms with Crippen LogP contribution in [-0.4, -0.2) is 12.5 Å². The van der Waals surface area contributed by atoms with Gasteiger partial charge in [0.1, 0.15) is 5.82 Å². The maximum absolute atomic E-state index is 13.2. The topological polar surface area (TPSA) is 55.1 Å². The number of halogens is 1. The van der Waals surface area contributed by atoms with Crippen molar-refractivity contribution in [2.24, 2.45) is 5.73 Å². The van der Waals surface area contributed by atoms with Crippen molar-refractivity contribution < 1.29 is 9.18 Å². The van der Waals surface area contributed by atoms with Crippen LogP contribution in [0.15, 0.2) is 12.1 Å². The monoisotopic (exact) mass is 208 g/mol. The number of carbonyl (C=O) groups is 1. The molecule has 4 heteroatoms. The van der Waals surface area contributed by atoms with E-state index in [1.54, 1.807) is 6.92 Å². The van der Waals surface area contributed by atoms with Crippen molar-refractivity contribution in [3.63, 3.8) is 0 Å². The summed E-state index contributed by atoms with van der Waals surface area (Å²) in [7, 11) is 0. The third kappa shape index (κ3) is 1.61. The second-order valence-electron chi connectivity index (χ2n) is 3.81. The highest BCUT2D eigenvalue weighted by molar-refractivity contribution is 6.03. The number of nitrogens with one attached hydrogen (secondary N) is 1. The van der Waals surface area contributed by atoms with Crippen LogP contribution in [0.5, 0.6) is 0 Å². The smallest absolute Gasteiger partial charge is 0.232 e. The van der Waals surface area contributed by atoms with E-state index in [-0.39, 0.29) is 17.6 Å². The van der Waals surface area contributed by atoms with Crippen LogP contribution in [-0.2, 0) is 4.79 Å². The number of anilines is 1. The van der Waals surface area contributed by atoms with Crippen LogP contribution in [0.3, 0.4) is 0 Å². The Morgan fingerprint density at radius 1 is 1.53 bits per heavy atom. The molecule has 1 aliphatic heterocycles. The number of carbonyl (C=O) groups excluding carboxylic acids is 1. The summed E-state index contributed by atoms with van der Waals surface area (Å²) >= 11 is 0. The van der Waals surface area contributed by atoms with Crippen molar-refractivity contribution in [2.45, 2.75) is 19.3 Å². The molecule has 1 heterocycles. The summed E-state index contributed by atoms with van der Waals surface area (Å²) in [5, 5.41) is 2.77. The molecule has 0 saturated carbocycles. The van der Waals surface area contributed by atoms with Gasteiger partial charge in [-0.3, -0.25) is 4.79 Å². The standard InChI is InChI=1S/C11H13FN2O/c1-6-4-7(12)5-9-8(2-3-13)11(15)14-10(6)9/h4-5,8H,2-3,13H2,1H3,(H,14,15). The molecule has 15 heavy (non-hydrogen) atoms. The van der Waals surface area contributed by atoms with Crippen LogP contribution < -0.4 is 11.1 Å². The molecule has 80 valence electrons. The lowest BCUT2D eigenvalue weighted by atomic mass is 9.96. The minimum absolute atomic E-state index is 0.0795. The van der Waals surface area contributed by atoms with E-state index >= 15 is 0 Å². The summed E-state index contributed by atoms with van der Waals surface area (Å²) in [6, 6.07) is 2.84. The first-order valence-corrected chi connectivity index (χ1v) is 4.94. The number of fused-ring (bicyclic) bond motifs is 1. The second-order valence-corrected chi connectivity index (χ2v) is 3.81. The van der Waals surface area contributed by atoms with Crippen LogP contribution in [0.2, 0.25) is 0 Å². The first kappa shape index (κ1) is 10.1. The molecule has 2 rings (SSSR count). The average molecular weight is 208 g/mol. The first-order chi connectivity index (χ1) is 7.13. The highest BCUT2D eigenvalue weighted by atomic mass is 19.1. The first-order valence-electron chi connectivity index (χ1n) is 4.94. The lowest BCUT2D eigenvalue weighted by Gasteiger charge is -2.07. The van der Waals surface area contributed by atoms with E-state index in [0.717, 1.165) is 16.8 Å². The minimum atomic E-state index is -0.301. The van der Waals surface area contributed by atoms with Gasteiger partial charge >= 0.3 is 0 Å². The minimum Gasteiger partial charge on any atom is -0.330 e. The van der Waals surface area contributed by atoms with Gasteiger partial charge in [0.05, 0.1) is 5.92 Å². The van der Waals surface area contributed by atoms with Gasteiger partial charge in [-0.05, 0) is 43.1 Å². The Labute approximate surface area is 87.5 Å². The molecule has 1 atom stereocenters. The molecule has 1 amide bonds. The number of aryl methyl sites for hydroxylation is 1. The fourth-order valence-corrected chi connectivity index (χ4v) is 2.02. The van der Waals surface area contributed by atoms with Crippen LogP contribution in [0.1, 0.15) is 23.5 Å². The van der Waals surface area contributed by atoms with Gasteiger partial charge in [-0.1, -0.05) is 0 Å². The molecule has 1 aromatic rings. The van der Waals surface area contributed by atoms with Gasteiger partial charge in [0.25, 0.3) is 0 Å². The van der Waals surface area contributed by atoms with Gasteiger partial charge in [-0.2, -0.15) is 0 Å². The molecular weight excluding hydrogens is 195 g/mol. The van der Waals surface area contributed by atoms with E-state index in [1.807, 2.05) is 0 Å². The lowest BCUT2D eigenvalue weighted by Crippen LogP contribution is -2.15. The summed E-state index contributed by atoms with van der Waals surface area (Å²) in [4.78, 5) is 11.6. The molecule has 1 aromatic carbocycles. The highest BCUT2D eigenvalue weighted by Crippen LogP contribution is 2.37. The van der Waals surface area contributed by atoms with E-state index in [2.05, 4.69) is 5.32 Å². The Hall–Kier alpha value is -1.42. The quantitative estimate of drug-likeness (QED) is 0.774. The predicted octanol–water partition coefficient (Wildman–Crippen LogP) is 1.52. The van der Waals surface area contributed by atoms with Gasteiger partial charge in [0, 0.05) is 5.69 Å². The predicted molar refractivity (Wildman–Crippen MR) is 56.2 cm³/mol. The van der Waals surface area contributed by atoms with Crippen molar-refractivity contribution in [3.05, 3.63) is 29.1 Å². The molecule has 1 unspecified atom stereocenters. The van der Waals surface area contributed by atoms with E-state index in [9.17, 15) is 9.18 Å². The van der Waals surface area contributed by atoms with Gasteiger partial charge in [0.2, 0.25) is 5.91 Å². The van der Waals surface area contributed by atoms with E-state index in [1.165, 1.54) is 12.1 Å². The van der Waals surface area contributed by atoms with E-state index in [0.29, 0.717) is 13.0 Å². The zero-order chi connectivity index (χ0) is 11.0. The number of nitrogens with two attached hydrogens (primary N) is 1. The normalized spacial score (nSPS) is 18.9. The fourth-order valence-electron chi connectivity index (χ4n) is 2.02. The summed E-state index contributed by atoms with van der Waals surface area (Å²) in [6.45, 7) is 2.21. The van der Waals surface area contributed by atoms with E-state index in [4.69, 9.17) is 5.73 Å². The molecule has 1 aliphatic rings. The molecule has 0 saturated heterocycles. The van der Waals surface area contributed by atoms with Gasteiger partial charge in [0.15, 0.2) is 0 Å². The van der Waals surface area contributed by atoms with Gasteiger partial charge in [-0.25, -0.2) is 4.39 Å². The van der Waals surface area contributed by atoms with Crippen molar-refractivity contribution in [1.29, 1.82) is 0 Å². The van der Waals surface area contributed by atoms with Crippen LogP contribution in [0.25, 0.3) is 0 Å². The number of rotatable bonds is 2. The number of hydrogen-bond acceptors (Lipinski definition) is 2. The van der Waals surface area contributed by atoms with Crippen molar-refractivity contribution in [1.82, 2.24) is 0 Å². The number of hydrogen-bond donors (Lipinski definition) is 2.